The number of carbonyl (C=O) groups excluding carboxylic acids is 2. The number of hydrogen-bond acceptors (Lipinski definition) is 5. The highest BCUT2D eigenvalue weighted by atomic mass is 16.5. The summed E-state index contributed by atoms with van der Waals surface area (Å²) in [7, 11) is 0. The van der Waals surface area contributed by atoms with Gasteiger partial charge in [-0.15, -0.1) is 0 Å². The zero-order valence-electron chi connectivity index (χ0n) is 15.0. The first-order valence-electron chi connectivity index (χ1n) is 7.93. The zero-order chi connectivity index (χ0) is 18.8. The van der Waals surface area contributed by atoms with Gasteiger partial charge in [-0.3, -0.25) is 14.8 Å². The van der Waals surface area contributed by atoms with Crippen molar-refractivity contribution in [3.63, 3.8) is 0 Å². The van der Waals surface area contributed by atoms with E-state index in [1.165, 1.54) is 0 Å². The summed E-state index contributed by atoms with van der Waals surface area (Å²) in [6.07, 6.45) is 0. The van der Waals surface area contributed by atoms with E-state index >= 15 is 0 Å². The molecule has 7 nitrogen and oxygen atoms in total. The van der Waals surface area contributed by atoms with Gasteiger partial charge in [0.15, 0.2) is 0 Å². The summed E-state index contributed by atoms with van der Waals surface area (Å²) in [6, 6.07) is 6.42. The van der Waals surface area contributed by atoms with Crippen LogP contribution in [0.2, 0.25) is 0 Å². The molecule has 0 saturated heterocycles. The molecule has 2 amide bonds. The SMILES string of the molecule is Cc1noc(C)c1C(=O)NC(c1ccc(C(=O)NO)cc1)C(C)(C)C. The van der Waals surface area contributed by atoms with Crippen LogP contribution in [0.15, 0.2) is 28.8 Å². The van der Waals surface area contributed by atoms with E-state index in [-0.39, 0.29) is 17.4 Å². The Morgan fingerprint density at radius 2 is 1.72 bits per heavy atom. The van der Waals surface area contributed by atoms with Crippen LogP contribution in [0.3, 0.4) is 0 Å². The Morgan fingerprint density at radius 3 is 2.16 bits per heavy atom. The van der Waals surface area contributed by atoms with Gasteiger partial charge in [-0.1, -0.05) is 38.1 Å². The first-order chi connectivity index (χ1) is 11.6. The molecule has 0 fully saturated rings. The molecular formula is C18H23N3O4. The second-order valence-corrected chi connectivity index (χ2v) is 7.03. The van der Waals surface area contributed by atoms with Crippen molar-refractivity contribution in [3.8, 4) is 0 Å². The topological polar surface area (TPSA) is 104 Å². The molecule has 1 heterocycles. The van der Waals surface area contributed by atoms with Crippen molar-refractivity contribution in [2.24, 2.45) is 5.41 Å². The van der Waals surface area contributed by atoms with Gasteiger partial charge in [0.05, 0.1) is 11.7 Å². The normalized spacial score (nSPS) is 12.6. The van der Waals surface area contributed by atoms with Gasteiger partial charge in [0, 0.05) is 5.56 Å². The minimum atomic E-state index is -0.585. The second kappa shape index (κ2) is 7.06. The third-order valence-corrected chi connectivity index (χ3v) is 4.01. The van der Waals surface area contributed by atoms with Gasteiger partial charge in [-0.2, -0.15) is 0 Å². The van der Waals surface area contributed by atoms with E-state index in [0.29, 0.717) is 22.6 Å². The van der Waals surface area contributed by atoms with Crippen molar-refractivity contribution in [3.05, 3.63) is 52.4 Å². The fourth-order valence-corrected chi connectivity index (χ4v) is 2.70. The molecule has 1 aromatic heterocycles. The van der Waals surface area contributed by atoms with E-state index in [0.717, 1.165) is 5.56 Å². The molecule has 0 bridgehead atoms. The molecule has 0 aliphatic carbocycles. The summed E-state index contributed by atoms with van der Waals surface area (Å²) < 4.78 is 5.06. The average Bonchev–Trinajstić information content (AvgIpc) is 2.89. The van der Waals surface area contributed by atoms with E-state index in [1.54, 1.807) is 43.6 Å². The minimum absolute atomic E-state index is 0.256. The largest absolute Gasteiger partial charge is 0.361 e. The second-order valence-electron chi connectivity index (χ2n) is 7.03. The molecule has 0 aliphatic heterocycles. The third-order valence-electron chi connectivity index (χ3n) is 4.01. The molecule has 1 atom stereocenters. The number of rotatable bonds is 4. The Labute approximate surface area is 146 Å². The highest BCUT2D eigenvalue weighted by Crippen LogP contribution is 2.33. The van der Waals surface area contributed by atoms with Crippen molar-refractivity contribution in [1.82, 2.24) is 16.0 Å². The summed E-state index contributed by atoms with van der Waals surface area (Å²) in [5, 5.41) is 15.5. The van der Waals surface area contributed by atoms with Crippen molar-refractivity contribution in [1.29, 1.82) is 0 Å². The van der Waals surface area contributed by atoms with Gasteiger partial charge in [0.1, 0.15) is 11.3 Å². The Morgan fingerprint density at radius 1 is 1.12 bits per heavy atom. The van der Waals surface area contributed by atoms with Crippen molar-refractivity contribution >= 4 is 11.8 Å². The number of nitrogens with zero attached hydrogens (tertiary/aromatic N) is 1. The van der Waals surface area contributed by atoms with Gasteiger partial charge in [-0.25, -0.2) is 5.48 Å². The number of benzene rings is 1. The van der Waals surface area contributed by atoms with Crippen molar-refractivity contribution < 1.29 is 19.3 Å². The monoisotopic (exact) mass is 345 g/mol. The first kappa shape index (κ1) is 18.7. The van der Waals surface area contributed by atoms with E-state index < -0.39 is 5.91 Å². The quantitative estimate of drug-likeness (QED) is 0.584. The predicted octanol–water partition coefficient (Wildman–Crippen LogP) is 2.93. The predicted molar refractivity (Wildman–Crippen MR) is 91.3 cm³/mol. The molecule has 2 rings (SSSR count). The number of amides is 2. The summed E-state index contributed by atoms with van der Waals surface area (Å²) in [5.41, 5.74) is 3.48. The third kappa shape index (κ3) is 4.06. The van der Waals surface area contributed by atoms with E-state index in [2.05, 4.69) is 10.5 Å². The molecule has 3 N–H and O–H groups in total. The Hall–Kier alpha value is -2.67. The lowest BCUT2D eigenvalue weighted by Crippen LogP contribution is -2.37. The van der Waals surface area contributed by atoms with Crippen LogP contribution >= 0.6 is 0 Å². The number of aromatic nitrogens is 1. The van der Waals surface area contributed by atoms with E-state index in [1.807, 2.05) is 20.8 Å². The lowest BCUT2D eigenvalue weighted by molar-refractivity contribution is 0.0706. The van der Waals surface area contributed by atoms with Crippen LogP contribution in [0.1, 0.15) is 64.5 Å². The van der Waals surface area contributed by atoms with Gasteiger partial charge in [0.25, 0.3) is 11.8 Å². The molecular weight excluding hydrogens is 322 g/mol. The molecule has 25 heavy (non-hydrogen) atoms. The lowest BCUT2D eigenvalue weighted by atomic mass is 9.82. The molecule has 7 heteroatoms. The fourth-order valence-electron chi connectivity index (χ4n) is 2.70. The van der Waals surface area contributed by atoms with E-state index in [9.17, 15) is 9.59 Å². The maximum atomic E-state index is 12.7. The molecule has 0 radical (unpaired) electrons. The number of aryl methyl sites for hydroxylation is 2. The molecule has 0 saturated carbocycles. The average molecular weight is 345 g/mol. The summed E-state index contributed by atoms with van der Waals surface area (Å²) >= 11 is 0. The number of hydrogen-bond donors (Lipinski definition) is 3. The zero-order valence-corrected chi connectivity index (χ0v) is 15.0. The van der Waals surface area contributed by atoms with Crippen molar-refractivity contribution in [2.75, 3.05) is 0 Å². The molecule has 1 aromatic carbocycles. The smallest absolute Gasteiger partial charge is 0.274 e. The molecule has 0 spiro atoms. The Bertz CT molecular complexity index is 753. The molecule has 1 unspecified atom stereocenters. The van der Waals surface area contributed by atoms with Gasteiger partial charge in [0.2, 0.25) is 0 Å². The fraction of sp³-hybridized carbons (Fsp3) is 0.389. The first-order valence-corrected chi connectivity index (χ1v) is 7.93. The van der Waals surface area contributed by atoms with Gasteiger partial charge in [-0.05, 0) is 37.0 Å². The van der Waals surface area contributed by atoms with Crippen LogP contribution in [-0.4, -0.2) is 22.2 Å². The van der Waals surface area contributed by atoms with Crippen LogP contribution in [0.5, 0.6) is 0 Å². The Kier molecular flexibility index (Phi) is 5.27. The molecule has 2 aromatic rings. The molecule has 0 aliphatic rings. The van der Waals surface area contributed by atoms with Crippen molar-refractivity contribution in [2.45, 2.75) is 40.7 Å². The number of carbonyl (C=O) groups is 2. The maximum Gasteiger partial charge on any atom is 0.274 e. The number of hydroxylamine groups is 1. The van der Waals surface area contributed by atoms with Crippen LogP contribution in [-0.2, 0) is 0 Å². The van der Waals surface area contributed by atoms with Gasteiger partial charge >= 0.3 is 0 Å². The van der Waals surface area contributed by atoms with Crippen LogP contribution < -0.4 is 10.8 Å². The van der Waals surface area contributed by atoms with Gasteiger partial charge < -0.3 is 9.84 Å². The maximum absolute atomic E-state index is 12.7. The van der Waals surface area contributed by atoms with Crippen LogP contribution in [0.25, 0.3) is 0 Å². The minimum Gasteiger partial charge on any atom is -0.361 e. The van der Waals surface area contributed by atoms with E-state index in [4.69, 9.17) is 9.73 Å². The number of nitrogens with one attached hydrogen (secondary N) is 2. The highest BCUT2D eigenvalue weighted by Gasteiger charge is 2.30. The summed E-state index contributed by atoms with van der Waals surface area (Å²) in [6.45, 7) is 9.46. The lowest BCUT2D eigenvalue weighted by Gasteiger charge is -2.32. The van der Waals surface area contributed by atoms with Crippen LogP contribution in [0.4, 0.5) is 0 Å². The standard InChI is InChI=1S/C18H23N3O4/c1-10-14(11(2)25-21-10)17(23)19-15(18(3,4)5)12-6-8-13(9-7-12)16(22)20-24/h6-9,15,24H,1-5H3,(H,19,23)(H,20,22). The Balaban J connectivity index is 2.31. The van der Waals surface area contributed by atoms with Crippen LogP contribution in [0, 0.1) is 19.3 Å². The highest BCUT2D eigenvalue weighted by molar-refractivity contribution is 5.96. The summed E-state index contributed by atoms with van der Waals surface area (Å²) in [5.74, 6) is -0.371. The summed E-state index contributed by atoms with van der Waals surface area (Å²) in [4.78, 5) is 24.1. The molecule has 134 valence electrons.